The minimum absolute atomic E-state index is 0.171. The first kappa shape index (κ1) is 17.5. The van der Waals surface area contributed by atoms with Gasteiger partial charge in [0.2, 0.25) is 0 Å². The fourth-order valence-corrected chi connectivity index (χ4v) is 3.56. The molecule has 3 rings (SSSR count). The smallest absolute Gasteiger partial charge is 0.254 e. The summed E-state index contributed by atoms with van der Waals surface area (Å²) >= 11 is 0. The maximum absolute atomic E-state index is 12.8. The predicted octanol–water partition coefficient (Wildman–Crippen LogP) is 5.70. The van der Waals surface area contributed by atoms with Crippen LogP contribution in [0.2, 0.25) is 0 Å². The average Bonchev–Trinajstić information content (AvgIpc) is 2.91. The third-order valence-corrected chi connectivity index (χ3v) is 5.28. The van der Waals surface area contributed by atoms with Crippen molar-refractivity contribution in [1.82, 2.24) is 4.90 Å². The van der Waals surface area contributed by atoms with Gasteiger partial charge in [-0.2, -0.15) is 0 Å². The van der Waals surface area contributed by atoms with E-state index in [-0.39, 0.29) is 5.91 Å². The molecule has 0 radical (unpaired) electrons. The molecule has 1 aliphatic heterocycles. The van der Waals surface area contributed by atoms with Gasteiger partial charge in [0.25, 0.3) is 5.91 Å². The molecule has 1 unspecified atom stereocenters. The molecule has 0 fully saturated rings. The topological polar surface area (TPSA) is 20.3 Å². The van der Waals surface area contributed by atoms with E-state index in [4.69, 9.17) is 0 Å². The summed E-state index contributed by atoms with van der Waals surface area (Å²) in [6, 6.07) is 12.6. The molecule has 1 atom stereocenters. The van der Waals surface area contributed by atoms with Gasteiger partial charge in [0.15, 0.2) is 0 Å². The molecular weight excluding hydrogens is 306 g/mol. The van der Waals surface area contributed by atoms with Crippen LogP contribution in [0.4, 0.5) is 0 Å². The van der Waals surface area contributed by atoms with E-state index in [1.807, 2.05) is 24.0 Å². The van der Waals surface area contributed by atoms with E-state index in [1.165, 1.54) is 22.3 Å². The highest BCUT2D eigenvalue weighted by molar-refractivity contribution is 6.00. The van der Waals surface area contributed by atoms with Crippen LogP contribution in [-0.2, 0) is 6.54 Å². The Hall–Kier alpha value is -2.35. The molecule has 0 saturated carbocycles. The van der Waals surface area contributed by atoms with E-state index in [0.717, 1.165) is 29.7 Å². The monoisotopic (exact) mass is 333 g/mol. The summed E-state index contributed by atoms with van der Waals surface area (Å²) in [5.41, 5.74) is 7.85. The molecule has 0 saturated heterocycles. The molecule has 0 bridgehead atoms. The number of hydrogen-bond donors (Lipinski definition) is 0. The highest BCUT2D eigenvalue weighted by Crippen LogP contribution is 2.34. The zero-order valence-corrected chi connectivity index (χ0v) is 15.7. The quantitative estimate of drug-likeness (QED) is 0.687. The number of benzene rings is 2. The highest BCUT2D eigenvalue weighted by Gasteiger charge is 2.30. The number of rotatable bonds is 5. The van der Waals surface area contributed by atoms with E-state index in [2.05, 4.69) is 51.6 Å². The second kappa shape index (κ2) is 6.87. The Morgan fingerprint density at radius 2 is 1.96 bits per heavy atom. The molecule has 2 heteroatoms. The molecule has 130 valence electrons. The molecule has 0 N–H and O–H groups in total. The van der Waals surface area contributed by atoms with Crippen LogP contribution in [0.1, 0.15) is 54.2 Å². The van der Waals surface area contributed by atoms with Crippen molar-refractivity contribution in [3.63, 3.8) is 0 Å². The van der Waals surface area contributed by atoms with Crippen LogP contribution in [0.15, 0.2) is 43.0 Å². The van der Waals surface area contributed by atoms with Gasteiger partial charge in [-0.1, -0.05) is 56.7 Å². The highest BCUT2D eigenvalue weighted by atomic mass is 16.2. The van der Waals surface area contributed by atoms with Crippen LogP contribution in [0.5, 0.6) is 0 Å². The molecule has 0 aliphatic carbocycles. The normalized spacial score (nSPS) is 14.6. The van der Waals surface area contributed by atoms with Gasteiger partial charge in [-0.15, -0.1) is 0 Å². The van der Waals surface area contributed by atoms with Gasteiger partial charge < -0.3 is 4.90 Å². The van der Waals surface area contributed by atoms with Crippen LogP contribution < -0.4 is 0 Å². The van der Waals surface area contributed by atoms with Crippen molar-refractivity contribution in [2.75, 3.05) is 6.54 Å². The summed E-state index contributed by atoms with van der Waals surface area (Å²) in [4.78, 5) is 14.8. The number of aryl methyl sites for hydroxylation is 1. The third kappa shape index (κ3) is 3.26. The summed E-state index contributed by atoms with van der Waals surface area (Å²) in [5, 5.41) is 0. The lowest BCUT2D eigenvalue weighted by molar-refractivity contribution is 0.0755. The van der Waals surface area contributed by atoms with Crippen molar-refractivity contribution in [2.24, 2.45) is 5.92 Å². The zero-order valence-electron chi connectivity index (χ0n) is 15.7. The van der Waals surface area contributed by atoms with Crippen LogP contribution in [0, 0.1) is 12.8 Å². The van der Waals surface area contributed by atoms with Crippen molar-refractivity contribution in [3.05, 3.63) is 65.2 Å². The maximum atomic E-state index is 12.8. The summed E-state index contributed by atoms with van der Waals surface area (Å²) in [7, 11) is 0. The number of fused-ring (bicyclic) bond motifs is 1. The van der Waals surface area contributed by atoms with Gasteiger partial charge in [-0.25, -0.2) is 0 Å². The molecule has 1 heterocycles. The fourth-order valence-electron chi connectivity index (χ4n) is 3.56. The van der Waals surface area contributed by atoms with Crippen LogP contribution >= 0.6 is 0 Å². The molecule has 2 nitrogen and oxygen atoms in total. The molecular formula is C23H27NO. The molecule has 25 heavy (non-hydrogen) atoms. The lowest BCUT2D eigenvalue weighted by Crippen LogP contribution is -2.28. The molecule has 2 aromatic rings. The summed E-state index contributed by atoms with van der Waals surface area (Å²) in [6.07, 6.45) is 1.09. The minimum Gasteiger partial charge on any atom is -0.334 e. The predicted molar refractivity (Wildman–Crippen MR) is 106 cm³/mol. The Labute approximate surface area is 151 Å². The number of carbonyl (C=O) groups is 1. The van der Waals surface area contributed by atoms with E-state index in [0.29, 0.717) is 12.5 Å². The lowest BCUT2D eigenvalue weighted by atomic mass is 9.93. The van der Waals surface area contributed by atoms with E-state index < -0.39 is 0 Å². The van der Waals surface area contributed by atoms with E-state index in [9.17, 15) is 4.79 Å². The molecule has 0 spiro atoms. The Morgan fingerprint density at radius 3 is 2.64 bits per heavy atom. The van der Waals surface area contributed by atoms with Gasteiger partial charge in [0, 0.05) is 18.7 Å². The Morgan fingerprint density at radius 1 is 1.24 bits per heavy atom. The first-order valence-electron chi connectivity index (χ1n) is 9.10. The number of carbonyl (C=O) groups excluding carboxylic acids is 1. The van der Waals surface area contributed by atoms with Crippen molar-refractivity contribution < 1.29 is 4.79 Å². The van der Waals surface area contributed by atoms with Crippen LogP contribution in [0.25, 0.3) is 16.7 Å². The number of amides is 1. The third-order valence-electron chi connectivity index (χ3n) is 5.28. The van der Waals surface area contributed by atoms with Gasteiger partial charge in [-0.05, 0) is 59.7 Å². The minimum atomic E-state index is 0.171. The van der Waals surface area contributed by atoms with Crippen molar-refractivity contribution in [3.8, 4) is 11.1 Å². The summed E-state index contributed by atoms with van der Waals surface area (Å²) in [5.74, 6) is 0.695. The second-order valence-electron chi connectivity index (χ2n) is 7.34. The first-order chi connectivity index (χ1) is 11.9. The van der Waals surface area contributed by atoms with Gasteiger partial charge in [0.05, 0.1) is 0 Å². The first-order valence-corrected chi connectivity index (χ1v) is 9.10. The molecule has 2 aromatic carbocycles. The van der Waals surface area contributed by atoms with Crippen molar-refractivity contribution in [2.45, 2.75) is 40.7 Å². The van der Waals surface area contributed by atoms with E-state index in [1.54, 1.807) is 0 Å². The Bertz CT molecular complexity index is 834. The Kier molecular flexibility index (Phi) is 4.80. The van der Waals surface area contributed by atoms with Gasteiger partial charge in [0.1, 0.15) is 0 Å². The zero-order chi connectivity index (χ0) is 18.1. The second-order valence-corrected chi connectivity index (χ2v) is 7.34. The number of hydrogen-bond acceptors (Lipinski definition) is 1. The fraction of sp³-hybridized carbons (Fsp3) is 0.348. The number of nitrogens with zero attached hydrogens (tertiary/aromatic N) is 1. The standard InChI is InChI=1S/C23H27NO/c1-6-16(4)13-24-14-22-19(8-7-9-20(22)23(24)25)18-11-10-17(5)21(12-18)15(2)3/h7-12,16H,2,6,13-14H2,1,3-5H3. The number of allylic oxidation sites excluding steroid dienone is 1. The molecule has 0 aromatic heterocycles. The maximum Gasteiger partial charge on any atom is 0.254 e. The average molecular weight is 333 g/mol. The van der Waals surface area contributed by atoms with E-state index >= 15 is 0 Å². The summed E-state index contributed by atoms with van der Waals surface area (Å²) in [6.45, 7) is 14.2. The SMILES string of the molecule is C=C(C)c1cc(-c2cccc3c2CN(CC(C)CC)C3=O)ccc1C. The van der Waals surface area contributed by atoms with Gasteiger partial charge >= 0.3 is 0 Å². The molecule has 1 aliphatic rings. The van der Waals surface area contributed by atoms with Gasteiger partial charge in [-0.3, -0.25) is 4.79 Å². The van der Waals surface area contributed by atoms with Crippen LogP contribution in [-0.4, -0.2) is 17.4 Å². The summed E-state index contributed by atoms with van der Waals surface area (Å²) < 4.78 is 0. The lowest BCUT2D eigenvalue weighted by Gasteiger charge is -2.19. The van der Waals surface area contributed by atoms with Crippen molar-refractivity contribution >= 4 is 11.5 Å². The molecule has 1 amide bonds. The van der Waals surface area contributed by atoms with Crippen molar-refractivity contribution in [1.29, 1.82) is 0 Å². The largest absolute Gasteiger partial charge is 0.334 e. The van der Waals surface area contributed by atoms with Crippen LogP contribution in [0.3, 0.4) is 0 Å². The Balaban J connectivity index is 2.02.